The van der Waals surface area contributed by atoms with E-state index >= 15 is 0 Å². The van der Waals surface area contributed by atoms with Crippen molar-refractivity contribution in [3.05, 3.63) is 52.2 Å². The Morgan fingerprint density at radius 3 is 2.74 bits per heavy atom. The van der Waals surface area contributed by atoms with Crippen molar-refractivity contribution in [3.63, 3.8) is 0 Å². The van der Waals surface area contributed by atoms with E-state index in [4.69, 9.17) is 9.47 Å². The summed E-state index contributed by atoms with van der Waals surface area (Å²) in [7, 11) is 1.58. The van der Waals surface area contributed by atoms with Crippen molar-refractivity contribution in [3.8, 4) is 5.75 Å². The molecule has 0 aliphatic carbocycles. The lowest BCUT2D eigenvalue weighted by Gasteiger charge is -2.09. The Bertz CT molecular complexity index is 640. The maximum atomic E-state index is 11.7. The fourth-order valence-electron chi connectivity index (χ4n) is 1.98. The van der Waals surface area contributed by atoms with Crippen molar-refractivity contribution in [1.29, 1.82) is 0 Å². The summed E-state index contributed by atoms with van der Waals surface area (Å²) in [5.41, 5.74) is 0.828. The molecule has 0 aliphatic rings. The van der Waals surface area contributed by atoms with Gasteiger partial charge in [-0.05, 0) is 23.9 Å². The summed E-state index contributed by atoms with van der Waals surface area (Å²) in [4.78, 5) is 24.1. The summed E-state index contributed by atoms with van der Waals surface area (Å²) in [6, 6.07) is 11.0. The van der Waals surface area contributed by atoms with Crippen LogP contribution in [-0.4, -0.2) is 25.5 Å². The summed E-state index contributed by atoms with van der Waals surface area (Å²) in [5, 5.41) is 4.63. The van der Waals surface area contributed by atoms with Gasteiger partial charge in [-0.3, -0.25) is 9.59 Å². The highest BCUT2D eigenvalue weighted by molar-refractivity contribution is 7.12. The van der Waals surface area contributed by atoms with Crippen LogP contribution in [0.25, 0.3) is 0 Å². The minimum atomic E-state index is -0.290. The number of ether oxygens (including phenoxy) is 2. The molecule has 0 saturated heterocycles. The first-order valence-corrected chi connectivity index (χ1v) is 8.18. The van der Waals surface area contributed by atoms with Crippen LogP contribution in [0.5, 0.6) is 5.75 Å². The minimum absolute atomic E-state index is 0.109. The monoisotopic (exact) mass is 333 g/mol. The van der Waals surface area contributed by atoms with E-state index in [1.165, 1.54) is 11.3 Å². The highest BCUT2D eigenvalue weighted by Crippen LogP contribution is 2.18. The van der Waals surface area contributed by atoms with Crippen LogP contribution in [0.4, 0.5) is 0 Å². The van der Waals surface area contributed by atoms with Gasteiger partial charge in [0.05, 0.1) is 12.0 Å². The Kier molecular flexibility index (Phi) is 6.62. The van der Waals surface area contributed by atoms with Crippen LogP contribution in [0, 0.1) is 0 Å². The first kappa shape index (κ1) is 17.0. The first-order chi connectivity index (χ1) is 11.2. The van der Waals surface area contributed by atoms with E-state index in [0.29, 0.717) is 23.6 Å². The van der Waals surface area contributed by atoms with E-state index in [1.807, 2.05) is 35.7 Å². The Hall–Kier alpha value is -2.34. The van der Waals surface area contributed by atoms with Gasteiger partial charge in [0.25, 0.3) is 5.91 Å². The van der Waals surface area contributed by atoms with Crippen LogP contribution in [0.1, 0.15) is 28.1 Å². The third-order valence-corrected chi connectivity index (χ3v) is 4.04. The molecule has 5 nitrogen and oxygen atoms in total. The van der Waals surface area contributed by atoms with Crippen molar-refractivity contribution < 1.29 is 19.1 Å². The smallest absolute Gasteiger partial charge is 0.306 e. The molecular formula is C17H19NO4S. The zero-order chi connectivity index (χ0) is 16.5. The average Bonchev–Trinajstić information content (AvgIpc) is 3.11. The third-order valence-electron chi connectivity index (χ3n) is 3.17. The molecule has 0 spiro atoms. The maximum Gasteiger partial charge on any atom is 0.306 e. The molecule has 0 aliphatic heterocycles. The van der Waals surface area contributed by atoms with Gasteiger partial charge in [-0.25, -0.2) is 0 Å². The summed E-state index contributed by atoms with van der Waals surface area (Å²) < 4.78 is 10.4. The van der Waals surface area contributed by atoms with Gasteiger partial charge in [0.15, 0.2) is 0 Å². The molecule has 1 aromatic carbocycles. The molecule has 0 radical (unpaired) electrons. The Labute approximate surface area is 139 Å². The number of hydrogen-bond acceptors (Lipinski definition) is 5. The summed E-state index contributed by atoms with van der Waals surface area (Å²) in [6.45, 7) is 0.630. The van der Waals surface area contributed by atoms with Gasteiger partial charge in [0.1, 0.15) is 12.4 Å². The SMILES string of the molecule is COc1ccccc1COC(=O)CCCNC(=O)c1cccs1. The van der Waals surface area contributed by atoms with E-state index in [-0.39, 0.29) is 24.9 Å². The number of thiophene rings is 1. The second kappa shape index (κ2) is 8.95. The number of carbonyl (C=O) groups excluding carboxylic acids is 2. The number of para-hydroxylation sites is 1. The lowest BCUT2D eigenvalue weighted by Crippen LogP contribution is -2.24. The maximum absolute atomic E-state index is 11.7. The summed E-state index contributed by atoms with van der Waals surface area (Å²) >= 11 is 1.39. The quantitative estimate of drug-likeness (QED) is 0.596. The number of carbonyl (C=O) groups is 2. The Morgan fingerprint density at radius 2 is 2.00 bits per heavy atom. The molecule has 1 aromatic heterocycles. The van der Waals surface area contributed by atoms with E-state index in [9.17, 15) is 9.59 Å². The predicted molar refractivity (Wildman–Crippen MR) is 88.7 cm³/mol. The van der Waals surface area contributed by atoms with Crippen LogP contribution in [0.15, 0.2) is 41.8 Å². The molecule has 1 amide bonds. The number of hydrogen-bond donors (Lipinski definition) is 1. The standard InChI is InChI=1S/C17H19NO4S/c1-21-14-7-3-2-6-13(14)12-22-16(19)9-4-10-18-17(20)15-8-5-11-23-15/h2-3,5-8,11H,4,9-10,12H2,1H3,(H,18,20). The molecule has 1 heterocycles. The summed E-state index contributed by atoms with van der Waals surface area (Å²) in [6.07, 6.45) is 0.807. The van der Waals surface area contributed by atoms with Crippen LogP contribution >= 0.6 is 11.3 Å². The van der Waals surface area contributed by atoms with Crippen LogP contribution in [0.3, 0.4) is 0 Å². The Morgan fingerprint density at radius 1 is 1.17 bits per heavy atom. The second-order valence-corrected chi connectivity index (χ2v) is 5.76. The first-order valence-electron chi connectivity index (χ1n) is 7.30. The van der Waals surface area contributed by atoms with Gasteiger partial charge in [-0.2, -0.15) is 0 Å². The molecule has 0 fully saturated rings. The fraction of sp³-hybridized carbons (Fsp3) is 0.294. The van der Waals surface area contributed by atoms with Crippen LogP contribution in [0.2, 0.25) is 0 Å². The molecule has 122 valence electrons. The van der Waals surface area contributed by atoms with Crippen LogP contribution < -0.4 is 10.1 Å². The number of amides is 1. The van der Waals surface area contributed by atoms with Gasteiger partial charge in [-0.1, -0.05) is 24.3 Å². The number of benzene rings is 1. The lowest BCUT2D eigenvalue weighted by atomic mass is 10.2. The Balaban J connectivity index is 1.64. The van der Waals surface area contributed by atoms with E-state index < -0.39 is 0 Å². The van der Waals surface area contributed by atoms with Crippen molar-refractivity contribution in [1.82, 2.24) is 5.32 Å². The molecule has 6 heteroatoms. The van der Waals surface area contributed by atoms with Gasteiger partial charge in [0, 0.05) is 18.5 Å². The van der Waals surface area contributed by atoms with Crippen molar-refractivity contribution in [2.45, 2.75) is 19.4 Å². The van der Waals surface area contributed by atoms with Crippen molar-refractivity contribution in [2.75, 3.05) is 13.7 Å². The minimum Gasteiger partial charge on any atom is -0.496 e. The number of methoxy groups -OCH3 is 1. The van der Waals surface area contributed by atoms with Crippen molar-refractivity contribution in [2.24, 2.45) is 0 Å². The van der Waals surface area contributed by atoms with Gasteiger partial charge >= 0.3 is 5.97 Å². The van der Waals surface area contributed by atoms with E-state index in [0.717, 1.165) is 5.56 Å². The molecule has 2 rings (SSSR count). The predicted octanol–water partition coefficient (Wildman–Crippen LogP) is 3.01. The number of nitrogens with one attached hydrogen (secondary N) is 1. The normalized spacial score (nSPS) is 10.1. The molecule has 23 heavy (non-hydrogen) atoms. The third kappa shape index (κ3) is 5.41. The molecule has 0 unspecified atom stereocenters. The fourth-order valence-corrected chi connectivity index (χ4v) is 2.62. The van der Waals surface area contributed by atoms with E-state index in [2.05, 4.69) is 5.32 Å². The molecule has 0 saturated carbocycles. The average molecular weight is 333 g/mol. The summed E-state index contributed by atoms with van der Waals surface area (Å²) in [5.74, 6) is 0.298. The van der Waals surface area contributed by atoms with Gasteiger partial charge in [0.2, 0.25) is 0 Å². The lowest BCUT2D eigenvalue weighted by molar-refractivity contribution is -0.145. The van der Waals surface area contributed by atoms with Gasteiger partial charge in [-0.15, -0.1) is 11.3 Å². The zero-order valence-corrected chi connectivity index (χ0v) is 13.7. The highest BCUT2D eigenvalue weighted by atomic mass is 32.1. The molecule has 0 atom stereocenters. The zero-order valence-electron chi connectivity index (χ0n) is 12.9. The topological polar surface area (TPSA) is 64.6 Å². The van der Waals surface area contributed by atoms with Gasteiger partial charge < -0.3 is 14.8 Å². The largest absolute Gasteiger partial charge is 0.496 e. The van der Waals surface area contributed by atoms with E-state index in [1.54, 1.807) is 13.2 Å². The van der Waals surface area contributed by atoms with Crippen molar-refractivity contribution >= 4 is 23.2 Å². The molecular weight excluding hydrogens is 314 g/mol. The second-order valence-electron chi connectivity index (χ2n) is 4.81. The molecule has 1 N–H and O–H groups in total. The highest BCUT2D eigenvalue weighted by Gasteiger charge is 2.08. The van der Waals surface area contributed by atoms with Crippen LogP contribution in [-0.2, 0) is 16.1 Å². The number of rotatable bonds is 8. The molecule has 0 bridgehead atoms. The number of esters is 1. The molecule has 2 aromatic rings.